The van der Waals surface area contributed by atoms with Crippen LogP contribution in [0.4, 0.5) is 0 Å². The molecule has 5 rings (SSSR count). The Balaban J connectivity index is 1.65. The Morgan fingerprint density at radius 2 is 1.92 bits per heavy atom. The third-order valence-electron chi connectivity index (χ3n) is 8.54. The van der Waals surface area contributed by atoms with E-state index < -0.39 is 58.0 Å². The van der Waals surface area contributed by atoms with Crippen molar-refractivity contribution in [1.29, 1.82) is 0 Å². The van der Waals surface area contributed by atoms with Crippen LogP contribution in [-0.4, -0.2) is 74.6 Å². The number of aromatic hydroxyl groups is 1. The van der Waals surface area contributed by atoms with Crippen molar-refractivity contribution in [1.82, 2.24) is 5.32 Å². The SMILES string of the molecule is CC(C)c1ccc(O)c2c1C[C@H]1C[C@H]3[C@@H](NCC4(CBr)COC4)C(=O)C(C(N)=O)=C(O)[C@@]3(O)C(=O)C1=C2O. The van der Waals surface area contributed by atoms with E-state index in [1.807, 2.05) is 13.8 Å². The minimum atomic E-state index is -2.67. The number of ether oxygens (including phenoxy) is 1. The van der Waals surface area contributed by atoms with Crippen molar-refractivity contribution >= 4 is 39.2 Å². The minimum Gasteiger partial charge on any atom is -0.508 e. The number of Topliss-reactive ketones (excluding diaryl/α,β-unsaturated/α-hetero) is 2. The van der Waals surface area contributed by atoms with Crippen LogP contribution in [0.15, 0.2) is 29.0 Å². The number of rotatable bonds is 6. The van der Waals surface area contributed by atoms with Crippen molar-refractivity contribution < 1.29 is 39.5 Å². The molecular weight excluding hydrogens is 560 g/mol. The minimum absolute atomic E-state index is 0.0472. The molecule has 0 unspecified atom stereocenters. The molecule has 0 spiro atoms. The summed E-state index contributed by atoms with van der Waals surface area (Å²) in [4.78, 5) is 39.7. The van der Waals surface area contributed by atoms with Gasteiger partial charge in [-0.1, -0.05) is 35.8 Å². The predicted octanol–water partition coefficient (Wildman–Crippen LogP) is 1.53. The van der Waals surface area contributed by atoms with Gasteiger partial charge in [0.2, 0.25) is 5.78 Å². The molecule has 38 heavy (non-hydrogen) atoms. The van der Waals surface area contributed by atoms with Crippen LogP contribution in [0.5, 0.6) is 5.75 Å². The molecule has 204 valence electrons. The molecule has 1 saturated heterocycles. The second-order valence-electron chi connectivity index (χ2n) is 11.2. The number of hydrogen-bond acceptors (Lipinski definition) is 9. The van der Waals surface area contributed by atoms with Gasteiger partial charge in [-0.05, 0) is 41.9 Å². The molecule has 1 aromatic rings. The van der Waals surface area contributed by atoms with Crippen LogP contribution >= 0.6 is 15.9 Å². The molecule has 11 heteroatoms. The highest BCUT2D eigenvalue weighted by atomic mass is 79.9. The van der Waals surface area contributed by atoms with Crippen molar-refractivity contribution in [2.75, 3.05) is 25.1 Å². The summed E-state index contributed by atoms with van der Waals surface area (Å²) < 4.78 is 5.34. The number of hydrogen-bond donors (Lipinski definition) is 6. The Bertz CT molecular complexity index is 1310. The van der Waals surface area contributed by atoms with Gasteiger partial charge in [-0.25, -0.2) is 0 Å². The van der Waals surface area contributed by atoms with Gasteiger partial charge in [0, 0.05) is 28.8 Å². The number of halogens is 1. The van der Waals surface area contributed by atoms with Crippen LogP contribution < -0.4 is 11.1 Å². The lowest BCUT2D eigenvalue weighted by molar-refractivity contribution is -0.151. The van der Waals surface area contributed by atoms with Crippen molar-refractivity contribution in [3.8, 4) is 5.75 Å². The van der Waals surface area contributed by atoms with Gasteiger partial charge < -0.3 is 36.2 Å². The maximum absolute atomic E-state index is 14.0. The van der Waals surface area contributed by atoms with E-state index >= 15 is 0 Å². The van der Waals surface area contributed by atoms with E-state index in [9.17, 15) is 34.8 Å². The summed E-state index contributed by atoms with van der Waals surface area (Å²) in [7, 11) is 0. The molecule has 2 fully saturated rings. The van der Waals surface area contributed by atoms with Gasteiger partial charge in [0.25, 0.3) is 5.91 Å². The molecule has 7 N–H and O–H groups in total. The number of fused-ring (bicyclic) bond motifs is 3. The standard InChI is InChI=1S/C27H31BrN2O8/c1-11(2)13-3-4-16(31)18-14(13)5-12-6-15-20(30-8-26(7-28)9-38-10-26)22(33)19(25(29)36)24(35)27(15,37)23(34)17(12)21(18)32/h3-4,11-12,15,20,30-32,35,37H,5-10H2,1-2H3,(H2,29,36)/t12-,15-,20+,27-/m0/s1. The molecule has 0 bridgehead atoms. The number of alkyl halides is 1. The number of aliphatic hydroxyl groups excluding tert-OH is 2. The van der Waals surface area contributed by atoms with Crippen molar-refractivity contribution in [2.45, 2.75) is 44.2 Å². The van der Waals surface area contributed by atoms with E-state index in [0.29, 0.717) is 24.1 Å². The highest BCUT2D eigenvalue weighted by Crippen LogP contribution is 2.53. The molecule has 0 radical (unpaired) electrons. The highest BCUT2D eigenvalue weighted by Gasteiger charge is 2.64. The molecular formula is C27H31BrN2O8. The summed E-state index contributed by atoms with van der Waals surface area (Å²) in [6.07, 6.45) is 0.327. The summed E-state index contributed by atoms with van der Waals surface area (Å²) >= 11 is 3.46. The van der Waals surface area contributed by atoms with Crippen LogP contribution in [0.2, 0.25) is 0 Å². The Hall–Kier alpha value is -2.73. The summed E-state index contributed by atoms with van der Waals surface area (Å²) in [5, 5.41) is 48.4. The number of amides is 1. The Labute approximate surface area is 227 Å². The highest BCUT2D eigenvalue weighted by molar-refractivity contribution is 9.09. The average Bonchev–Trinajstić information content (AvgIpc) is 2.82. The second kappa shape index (κ2) is 9.18. The molecule has 10 nitrogen and oxygen atoms in total. The average molecular weight is 591 g/mol. The van der Waals surface area contributed by atoms with Gasteiger partial charge in [-0.2, -0.15) is 0 Å². The molecule has 1 amide bonds. The molecule has 0 aromatic heterocycles. The number of nitrogens with one attached hydrogen (secondary N) is 1. The number of phenolic OH excluding ortho intramolecular Hbond substituents is 1. The third-order valence-corrected chi connectivity index (χ3v) is 9.73. The van der Waals surface area contributed by atoms with E-state index in [1.54, 1.807) is 6.07 Å². The summed E-state index contributed by atoms with van der Waals surface area (Å²) in [6, 6.07) is 2.03. The zero-order chi connectivity index (χ0) is 27.7. The lowest BCUT2D eigenvalue weighted by Crippen LogP contribution is -2.67. The Morgan fingerprint density at radius 1 is 1.24 bits per heavy atom. The second-order valence-corrected chi connectivity index (χ2v) is 11.8. The molecule has 1 aromatic carbocycles. The third kappa shape index (κ3) is 3.66. The molecule has 1 aliphatic heterocycles. The van der Waals surface area contributed by atoms with E-state index in [1.165, 1.54) is 6.07 Å². The number of carbonyl (C=O) groups is 3. The first-order valence-corrected chi connectivity index (χ1v) is 13.7. The van der Waals surface area contributed by atoms with Gasteiger partial charge in [0.1, 0.15) is 22.8 Å². The van der Waals surface area contributed by atoms with Crippen molar-refractivity contribution in [3.63, 3.8) is 0 Å². The topological polar surface area (TPSA) is 179 Å². The summed E-state index contributed by atoms with van der Waals surface area (Å²) in [5.41, 5.74) is 3.14. The normalized spacial score (nSPS) is 30.1. The van der Waals surface area contributed by atoms with Gasteiger partial charge in [-0.3, -0.25) is 14.4 Å². The number of benzene rings is 1. The fraction of sp³-hybridized carbons (Fsp3) is 0.519. The molecule has 1 saturated carbocycles. The van der Waals surface area contributed by atoms with Gasteiger partial charge in [0.05, 0.1) is 24.8 Å². The number of phenols is 1. The quantitative estimate of drug-likeness (QED) is 0.211. The number of nitrogens with two attached hydrogens (primary N) is 1. The number of ketones is 2. The number of carbonyl (C=O) groups excluding carboxylic acids is 3. The summed E-state index contributed by atoms with van der Waals surface area (Å²) in [5.74, 6) is -6.55. The molecule has 3 aliphatic carbocycles. The van der Waals surface area contributed by atoms with Crippen LogP contribution in [0, 0.1) is 17.3 Å². The maximum atomic E-state index is 14.0. The monoisotopic (exact) mass is 590 g/mol. The maximum Gasteiger partial charge on any atom is 0.255 e. The van der Waals surface area contributed by atoms with Crippen molar-refractivity contribution in [3.05, 3.63) is 45.7 Å². The zero-order valence-corrected chi connectivity index (χ0v) is 22.7. The summed E-state index contributed by atoms with van der Waals surface area (Å²) in [6.45, 7) is 5.11. The fourth-order valence-corrected chi connectivity index (χ4v) is 6.94. The van der Waals surface area contributed by atoms with Crippen molar-refractivity contribution in [2.24, 2.45) is 23.0 Å². The number of aliphatic hydroxyl groups is 3. The van der Waals surface area contributed by atoms with Crippen LogP contribution in [0.1, 0.15) is 42.9 Å². The smallest absolute Gasteiger partial charge is 0.255 e. The number of primary amides is 1. The first-order valence-electron chi connectivity index (χ1n) is 12.6. The largest absolute Gasteiger partial charge is 0.508 e. The molecule has 4 atom stereocenters. The predicted molar refractivity (Wildman–Crippen MR) is 140 cm³/mol. The first-order chi connectivity index (χ1) is 17.9. The van der Waals surface area contributed by atoms with E-state index in [-0.39, 0.29) is 47.6 Å². The lowest BCUT2D eigenvalue weighted by atomic mass is 9.57. The first kappa shape index (κ1) is 26.9. The van der Waals surface area contributed by atoms with E-state index in [4.69, 9.17) is 10.5 Å². The van der Waals surface area contributed by atoms with Gasteiger partial charge >= 0.3 is 0 Å². The Kier molecular flexibility index (Phi) is 6.49. The lowest BCUT2D eigenvalue weighted by Gasteiger charge is -2.50. The zero-order valence-electron chi connectivity index (χ0n) is 21.1. The van der Waals surface area contributed by atoms with Gasteiger partial charge in [0.15, 0.2) is 11.4 Å². The van der Waals surface area contributed by atoms with E-state index in [2.05, 4.69) is 21.2 Å². The van der Waals surface area contributed by atoms with Crippen LogP contribution in [0.25, 0.3) is 5.76 Å². The molecule has 4 aliphatic rings. The van der Waals surface area contributed by atoms with Gasteiger partial charge in [-0.15, -0.1) is 0 Å². The fourth-order valence-electron chi connectivity index (χ4n) is 6.42. The van der Waals surface area contributed by atoms with Crippen LogP contribution in [0.3, 0.4) is 0 Å². The van der Waals surface area contributed by atoms with E-state index in [0.717, 1.165) is 5.56 Å². The Morgan fingerprint density at radius 3 is 2.47 bits per heavy atom. The van der Waals surface area contributed by atoms with Crippen LogP contribution in [-0.2, 0) is 25.5 Å². The molecule has 1 heterocycles.